The standard InChI is InChI=1S/C11H22F3NO4S/c1-3-4-5-15(6-7-18-2)20(16,17)9-8-19-10-11(12,13)14/h3-10H2,1-2H3. The van der Waals surface area contributed by atoms with Crippen molar-refractivity contribution in [1.82, 2.24) is 4.31 Å². The van der Waals surface area contributed by atoms with Gasteiger partial charge in [0.05, 0.1) is 19.0 Å². The Morgan fingerprint density at radius 3 is 2.30 bits per heavy atom. The van der Waals surface area contributed by atoms with Gasteiger partial charge in [-0.2, -0.15) is 17.5 Å². The van der Waals surface area contributed by atoms with Crippen LogP contribution in [0.2, 0.25) is 0 Å². The van der Waals surface area contributed by atoms with Gasteiger partial charge >= 0.3 is 6.18 Å². The number of methoxy groups -OCH3 is 1. The molecule has 0 saturated heterocycles. The van der Waals surface area contributed by atoms with Gasteiger partial charge in [-0.3, -0.25) is 0 Å². The van der Waals surface area contributed by atoms with Crippen molar-refractivity contribution in [2.75, 3.05) is 45.8 Å². The van der Waals surface area contributed by atoms with E-state index in [-0.39, 0.29) is 13.2 Å². The highest BCUT2D eigenvalue weighted by Crippen LogP contribution is 2.14. The van der Waals surface area contributed by atoms with Crippen molar-refractivity contribution in [2.24, 2.45) is 0 Å². The maximum absolute atomic E-state index is 12.0. The highest BCUT2D eigenvalue weighted by molar-refractivity contribution is 7.89. The molecule has 0 N–H and O–H groups in total. The predicted molar refractivity (Wildman–Crippen MR) is 69.0 cm³/mol. The van der Waals surface area contributed by atoms with Gasteiger partial charge in [0.15, 0.2) is 0 Å². The van der Waals surface area contributed by atoms with Crippen molar-refractivity contribution in [3.63, 3.8) is 0 Å². The molecule has 20 heavy (non-hydrogen) atoms. The molecule has 5 nitrogen and oxygen atoms in total. The first-order chi connectivity index (χ1) is 9.23. The molecule has 122 valence electrons. The minimum Gasteiger partial charge on any atom is -0.383 e. The van der Waals surface area contributed by atoms with Crippen LogP contribution in [0, 0.1) is 0 Å². The lowest BCUT2D eigenvalue weighted by Crippen LogP contribution is -2.37. The SMILES string of the molecule is CCCCN(CCOC)S(=O)(=O)CCOCC(F)(F)F. The molecule has 0 radical (unpaired) electrons. The van der Waals surface area contributed by atoms with E-state index < -0.39 is 35.2 Å². The summed E-state index contributed by atoms with van der Waals surface area (Å²) in [5, 5.41) is 0. The summed E-state index contributed by atoms with van der Waals surface area (Å²) >= 11 is 0. The Kier molecular flexibility index (Phi) is 9.36. The van der Waals surface area contributed by atoms with E-state index >= 15 is 0 Å². The number of rotatable bonds is 11. The first-order valence-electron chi connectivity index (χ1n) is 6.34. The highest BCUT2D eigenvalue weighted by Gasteiger charge is 2.28. The number of halogens is 3. The average molecular weight is 321 g/mol. The molecule has 0 fully saturated rings. The van der Waals surface area contributed by atoms with Crippen molar-refractivity contribution >= 4 is 10.0 Å². The molecule has 0 atom stereocenters. The van der Waals surface area contributed by atoms with Crippen molar-refractivity contribution < 1.29 is 31.1 Å². The maximum atomic E-state index is 12.0. The van der Waals surface area contributed by atoms with Crippen molar-refractivity contribution in [2.45, 2.75) is 25.9 Å². The van der Waals surface area contributed by atoms with E-state index in [2.05, 4.69) is 4.74 Å². The van der Waals surface area contributed by atoms with Crippen LogP contribution in [0.3, 0.4) is 0 Å². The average Bonchev–Trinajstić information content (AvgIpc) is 2.33. The zero-order valence-electron chi connectivity index (χ0n) is 11.8. The van der Waals surface area contributed by atoms with Crippen LogP contribution in [0.5, 0.6) is 0 Å². The van der Waals surface area contributed by atoms with Crippen LogP contribution in [0.15, 0.2) is 0 Å². The Morgan fingerprint density at radius 1 is 1.15 bits per heavy atom. The molecule has 0 aromatic carbocycles. The molecule has 0 aromatic rings. The second-order valence-corrected chi connectivity index (χ2v) is 6.32. The number of hydrogen-bond donors (Lipinski definition) is 0. The van der Waals surface area contributed by atoms with Crippen molar-refractivity contribution in [3.8, 4) is 0 Å². The predicted octanol–water partition coefficient (Wildman–Crippen LogP) is 1.64. The second-order valence-electron chi connectivity index (χ2n) is 4.23. The molecule has 0 aliphatic rings. The van der Waals surface area contributed by atoms with E-state index in [4.69, 9.17) is 4.74 Å². The van der Waals surface area contributed by atoms with Crippen LogP contribution in [-0.4, -0.2) is 64.7 Å². The van der Waals surface area contributed by atoms with Crippen LogP contribution < -0.4 is 0 Å². The normalized spacial score (nSPS) is 13.1. The minimum absolute atomic E-state index is 0.193. The summed E-state index contributed by atoms with van der Waals surface area (Å²) < 4.78 is 69.9. The summed E-state index contributed by atoms with van der Waals surface area (Å²) in [5.41, 5.74) is 0. The van der Waals surface area contributed by atoms with Gasteiger partial charge in [0.1, 0.15) is 6.61 Å². The number of alkyl halides is 3. The summed E-state index contributed by atoms with van der Waals surface area (Å²) in [6.07, 6.45) is -2.93. The lowest BCUT2D eigenvalue weighted by molar-refractivity contribution is -0.172. The van der Waals surface area contributed by atoms with E-state index in [0.717, 1.165) is 6.42 Å². The molecule has 0 aliphatic carbocycles. The third-order valence-electron chi connectivity index (χ3n) is 2.45. The largest absolute Gasteiger partial charge is 0.411 e. The molecule has 0 saturated carbocycles. The minimum atomic E-state index is -4.44. The fourth-order valence-corrected chi connectivity index (χ4v) is 2.75. The Hall–Kier alpha value is -0.380. The van der Waals surface area contributed by atoms with Crippen LogP contribution >= 0.6 is 0 Å². The second kappa shape index (κ2) is 9.54. The maximum Gasteiger partial charge on any atom is 0.411 e. The highest BCUT2D eigenvalue weighted by atomic mass is 32.2. The molecular weight excluding hydrogens is 299 g/mol. The molecule has 9 heteroatoms. The van der Waals surface area contributed by atoms with E-state index in [9.17, 15) is 21.6 Å². The number of nitrogens with zero attached hydrogens (tertiary/aromatic N) is 1. The first-order valence-corrected chi connectivity index (χ1v) is 7.95. The van der Waals surface area contributed by atoms with E-state index in [1.165, 1.54) is 11.4 Å². The Bertz CT molecular complexity index is 338. The lowest BCUT2D eigenvalue weighted by atomic mass is 10.3. The van der Waals surface area contributed by atoms with Gasteiger partial charge in [0.25, 0.3) is 0 Å². The summed E-state index contributed by atoms with van der Waals surface area (Å²) in [5.74, 6) is -0.462. The van der Waals surface area contributed by atoms with Crippen molar-refractivity contribution in [1.29, 1.82) is 0 Å². The summed E-state index contributed by atoms with van der Waals surface area (Å²) in [7, 11) is -2.17. The zero-order chi connectivity index (χ0) is 15.6. The number of hydrogen-bond acceptors (Lipinski definition) is 4. The van der Waals surface area contributed by atoms with Gasteiger partial charge < -0.3 is 9.47 Å². The van der Waals surface area contributed by atoms with Crippen LogP contribution in [0.25, 0.3) is 0 Å². The first kappa shape index (κ1) is 19.6. The fourth-order valence-electron chi connectivity index (χ4n) is 1.40. The van der Waals surface area contributed by atoms with Gasteiger partial charge in [-0.25, -0.2) is 8.42 Å². The zero-order valence-corrected chi connectivity index (χ0v) is 12.6. The molecule has 0 bridgehead atoms. The summed E-state index contributed by atoms with van der Waals surface area (Å²) in [4.78, 5) is 0. The van der Waals surface area contributed by atoms with Crippen molar-refractivity contribution in [3.05, 3.63) is 0 Å². The third kappa shape index (κ3) is 9.51. The molecule has 0 aliphatic heterocycles. The smallest absolute Gasteiger partial charge is 0.383 e. The number of ether oxygens (including phenoxy) is 2. The molecule has 0 heterocycles. The Labute approximate surface area is 118 Å². The molecular formula is C11H22F3NO4S. The summed E-state index contributed by atoms with van der Waals surface area (Å²) in [6, 6.07) is 0. The van der Waals surface area contributed by atoms with Gasteiger partial charge in [-0.1, -0.05) is 13.3 Å². The number of unbranched alkanes of at least 4 members (excludes halogenated alkanes) is 1. The molecule has 0 aromatic heterocycles. The van der Waals surface area contributed by atoms with Gasteiger partial charge in [-0.05, 0) is 6.42 Å². The quantitative estimate of drug-likeness (QED) is 0.543. The van der Waals surface area contributed by atoms with Crippen LogP contribution in [0.1, 0.15) is 19.8 Å². The molecule has 0 spiro atoms. The molecule has 0 unspecified atom stereocenters. The van der Waals surface area contributed by atoms with E-state index in [1.807, 2.05) is 6.92 Å². The lowest BCUT2D eigenvalue weighted by Gasteiger charge is -2.21. The molecule has 0 rings (SSSR count). The summed E-state index contributed by atoms with van der Waals surface area (Å²) in [6.45, 7) is 0.784. The fraction of sp³-hybridized carbons (Fsp3) is 1.00. The van der Waals surface area contributed by atoms with Gasteiger partial charge in [0.2, 0.25) is 10.0 Å². The number of sulfonamides is 1. The monoisotopic (exact) mass is 321 g/mol. The Balaban J connectivity index is 4.31. The Morgan fingerprint density at radius 2 is 1.80 bits per heavy atom. The van der Waals surface area contributed by atoms with E-state index in [0.29, 0.717) is 13.0 Å². The van der Waals surface area contributed by atoms with Gasteiger partial charge in [0, 0.05) is 20.2 Å². The molecule has 0 amide bonds. The van der Waals surface area contributed by atoms with Crippen LogP contribution in [-0.2, 0) is 19.5 Å². The topological polar surface area (TPSA) is 55.8 Å². The third-order valence-corrected chi connectivity index (χ3v) is 4.29. The van der Waals surface area contributed by atoms with E-state index in [1.54, 1.807) is 0 Å². The van der Waals surface area contributed by atoms with Gasteiger partial charge in [-0.15, -0.1) is 0 Å². The van der Waals surface area contributed by atoms with Crippen LogP contribution in [0.4, 0.5) is 13.2 Å².